The van der Waals surface area contributed by atoms with Crippen molar-refractivity contribution >= 4 is 99.4 Å². The van der Waals surface area contributed by atoms with E-state index in [0.717, 1.165) is 12.4 Å². The van der Waals surface area contributed by atoms with Gasteiger partial charge in [-0.3, -0.25) is 0 Å². The maximum absolute atomic E-state index is 6.26. The van der Waals surface area contributed by atoms with Gasteiger partial charge in [0.15, 0.2) is 8.32 Å². The van der Waals surface area contributed by atoms with Crippen LogP contribution in [0.15, 0.2) is 0 Å². The van der Waals surface area contributed by atoms with E-state index >= 15 is 0 Å². The third-order valence-electron chi connectivity index (χ3n) is 3.05. The van der Waals surface area contributed by atoms with Gasteiger partial charge in [0.05, 0.1) is 0 Å². The minimum absolute atomic E-state index is 0. The van der Waals surface area contributed by atoms with Gasteiger partial charge in [0.1, 0.15) is 0 Å². The van der Waals surface area contributed by atoms with E-state index in [0.29, 0.717) is 5.62 Å². The second kappa shape index (κ2) is 11.5. The molecule has 0 atom stereocenters. The average Bonchev–Trinajstić information content (AvgIpc) is 2.24. The van der Waals surface area contributed by atoms with Gasteiger partial charge in [-0.05, 0) is 78.0 Å². The van der Waals surface area contributed by atoms with Crippen molar-refractivity contribution in [3.63, 3.8) is 0 Å². The maximum atomic E-state index is 6.26. The Morgan fingerprint density at radius 1 is 1.09 bits per heavy atom. The Morgan fingerprint density at radius 2 is 1.59 bits per heavy atom. The zero-order valence-corrected chi connectivity index (χ0v) is 17.2. The van der Waals surface area contributed by atoms with Crippen LogP contribution >= 0.6 is 11.1 Å². The van der Waals surface area contributed by atoms with Gasteiger partial charge in [-0.2, -0.15) is 0 Å². The number of rotatable bonds is 10. The molecule has 0 aliphatic heterocycles. The summed E-state index contributed by atoms with van der Waals surface area (Å²) < 4.78 is 6.06. The Bertz CT molecular complexity index is 309. The summed E-state index contributed by atoms with van der Waals surface area (Å²) in [5.74, 6) is 0. The molecule has 0 amide bonds. The summed E-state index contributed by atoms with van der Waals surface area (Å²) in [6.45, 7) is 6.69. The van der Waals surface area contributed by atoms with Gasteiger partial charge >= 0.3 is 18.9 Å². The average molecular weight is 323 g/mol. The Balaban J connectivity index is 0. The standard InChI is InChI=1S/C7H16B10ClOSi2.Li/c1-20(2,19-21(3,4)18)6-5-13-16(11)7(15(9)10)17(12)14-8;/h5-6H2,1-4H3;/q-1;+1. The first kappa shape index (κ1) is 26.2. The summed E-state index contributed by atoms with van der Waals surface area (Å²) in [5, 5.41) is 0. The van der Waals surface area contributed by atoms with E-state index in [4.69, 9.17) is 53.9 Å². The van der Waals surface area contributed by atoms with Crippen LogP contribution in [0.25, 0.3) is 0 Å². The second-order valence-electron chi connectivity index (χ2n) is 6.27. The molecule has 0 rings (SSSR count). The van der Waals surface area contributed by atoms with Gasteiger partial charge in [0.2, 0.25) is 0 Å². The molecule has 1 nitrogen and oxygen atoms in total. The number of halogens is 1. The summed E-state index contributed by atoms with van der Waals surface area (Å²) in [4.78, 5) is 0. The van der Waals surface area contributed by atoms with Gasteiger partial charge in [-0.15, -0.1) is 30.6 Å². The minimum atomic E-state index is -2.03. The molecule has 0 aliphatic carbocycles. The fourth-order valence-electron chi connectivity index (χ4n) is 2.23. The van der Waals surface area contributed by atoms with Crippen LogP contribution in [-0.4, -0.2) is 88.3 Å². The second-order valence-corrected chi connectivity index (χ2v) is 16.6. The number of hydrogen-bond donors (Lipinski definition) is 0. The minimum Gasteiger partial charge on any atom is -0.445 e. The van der Waals surface area contributed by atoms with Crippen LogP contribution in [0.2, 0.25) is 38.6 Å². The molecular weight excluding hydrogens is 307 g/mol. The molecule has 0 aromatic carbocycles. The molecule has 0 aromatic heterocycles. The molecule has 0 N–H and O–H groups in total. The number of hydrogen-bond acceptors (Lipinski definition) is 1. The topological polar surface area (TPSA) is 9.23 Å². The smallest absolute Gasteiger partial charge is 0.445 e. The van der Waals surface area contributed by atoms with Crippen LogP contribution in [0, 0.1) is 5.62 Å². The Morgan fingerprint density at radius 3 is 1.95 bits per heavy atom. The van der Waals surface area contributed by atoms with Crippen molar-refractivity contribution in [3.05, 3.63) is 5.62 Å². The Kier molecular flexibility index (Phi) is 13.7. The van der Waals surface area contributed by atoms with E-state index in [1.807, 2.05) is 20.3 Å². The summed E-state index contributed by atoms with van der Waals surface area (Å²) in [7, 11) is 28.3. The molecule has 0 aromatic rings. The summed E-state index contributed by atoms with van der Waals surface area (Å²) in [5.41, 5.74) is 0.630. The molecule has 0 saturated heterocycles. The van der Waals surface area contributed by atoms with Crippen molar-refractivity contribution in [1.82, 2.24) is 0 Å². The van der Waals surface area contributed by atoms with Gasteiger partial charge in [0.25, 0.3) is 7.63 Å². The largest absolute Gasteiger partial charge is 1.00 e. The van der Waals surface area contributed by atoms with Gasteiger partial charge < -0.3 is 9.73 Å². The first-order chi connectivity index (χ1) is 9.39. The first-order valence-electron chi connectivity index (χ1n) is 7.06. The maximum Gasteiger partial charge on any atom is 1.00 e. The van der Waals surface area contributed by atoms with Gasteiger partial charge in [-0.25, -0.2) is 0 Å². The molecule has 96 valence electrons. The normalized spacial score (nSPS) is 11.5. The van der Waals surface area contributed by atoms with Crippen molar-refractivity contribution in [1.29, 1.82) is 0 Å². The van der Waals surface area contributed by atoms with Crippen molar-refractivity contribution in [2.24, 2.45) is 0 Å². The monoisotopic (exact) mass is 324 g/mol. The molecule has 0 unspecified atom stereocenters. The van der Waals surface area contributed by atoms with E-state index in [2.05, 4.69) is 13.1 Å². The van der Waals surface area contributed by atoms with E-state index in [1.54, 1.807) is 0 Å². The fourth-order valence-corrected chi connectivity index (χ4v) is 10.6. The van der Waals surface area contributed by atoms with Crippen molar-refractivity contribution in [2.45, 2.75) is 38.6 Å². The zero-order valence-electron chi connectivity index (χ0n) is 14.5. The van der Waals surface area contributed by atoms with Gasteiger partial charge in [-0.1, -0.05) is 6.32 Å². The van der Waals surface area contributed by atoms with Crippen LogP contribution in [-0.2, 0) is 4.12 Å². The predicted octanol–water partition coefficient (Wildman–Crippen LogP) is -3.61. The molecule has 0 saturated carbocycles. The van der Waals surface area contributed by atoms with Crippen LogP contribution in [0.5, 0.6) is 0 Å². The third kappa shape index (κ3) is 11.5. The van der Waals surface area contributed by atoms with Crippen LogP contribution in [0.1, 0.15) is 0 Å². The van der Waals surface area contributed by atoms with Crippen LogP contribution in [0.3, 0.4) is 0 Å². The SMILES string of the molecule is [B][B]B([B])[C-](B([B])[B])B([B])[B]CC[Si](C)(C)O[Si](C)(C)Cl.[Li+]. The van der Waals surface area contributed by atoms with E-state index in [-0.39, 0.29) is 25.4 Å². The van der Waals surface area contributed by atoms with Crippen molar-refractivity contribution < 1.29 is 23.0 Å². The molecule has 0 bridgehead atoms. The molecule has 0 fully saturated rings. The quantitative estimate of drug-likeness (QED) is 0.229. The zero-order chi connectivity index (χ0) is 16.8. The molecule has 22 heavy (non-hydrogen) atoms. The fraction of sp³-hybridized carbons (Fsp3) is 0.857. The van der Waals surface area contributed by atoms with E-state index in [9.17, 15) is 0 Å². The van der Waals surface area contributed by atoms with E-state index in [1.165, 1.54) is 7.06 Å². The molecule has 12 radical (unpaired) electrons. The Hall–Kier alpha value is 1.93. The van der Waals surface area contributed by atoms with Gasteiger partial charge in [0, 0.05) is 7.17 Å². The molecular formula is C7H16B10ClLiOSi2. The summed E-state index contributed by atoms with van der Waals surface area (Å²) in [6.07, 6.45) is 0.801. The molecule has 15 heteroatoms. The Labute approximate surface area is 165 Å². The molecule has 0 spiro atoms. The van der Waals surface area contributed by atoms with Crippen molar-refractivity contribution in [3.8, 4) is 0 Å². The molecule has 0 aliphatic rings. The van der Waals surface area contributed by atoms with Crippen LogP contribution < -0.4 is 18.9 Å². The van der Waals surface area contributed by atoms with E-state index < -0.39 is 28.9 Å². The summed E-state index contributed by atoms with van der Waals surface area (Å²) >= 11 is 6.26. The van der Waals surface area contributed by atoms with Crippen LogP contribution in [0.4, 0.5) is 0 Å². The van der Waals surface area contributed by atoms with Crippen molar-refractivity contribution in [2.75, 3.05) is 0 Å². The summed E-state index contributed by atoms with van der Waals surface area (Å²) in [6, 6.07) is 0.929. The molecule has 0 heterocycles. The first-order valence-corrected chi connectivity index (χ1v) is 14.1. The predicted molar refractivity (Wildman–Crippen MR) is 112 cm³/mol. The third-order valence-corrected chi connectivity index (χ3v) is 9.39.